The molecule has 2 aromatic carbocycles. The highest BCUT2D eigenvalue weighted by atomic mass is 15.3. The molecule has 6 rings (SSSR count). The summed E-state index contributed by atoms with van der Waals surface area (Å²) in [7, 11) is 6.24. The summed E-state index contributed by atoms with van der Waals surface area (Å²) in [6.07, 6.45) is 7.29. The smallest absolute Gasteiger partial charge is 0.150 e. The second kappa shape index (κ2) is 10.5. The highest BCUT2D eigenvalue weighted by Crippen LogP contribution is 2.35. The van der Waals surface area contributed by atoms with E-state index >= 15 is 0 Å². The minimum atomic E-state index is 0.335. The van der Waals surface area contributed by atoms with Crippen LogP contribution in [-0.2, 0) is 6.54 Å². The number of pyridine rings is 1. The van der Waals surface area contributed by atoms with Crippen LogP contribution in [0.25, 0.3) is 22.5 Å². The van der Waals surface area contributed by atoms with Crippen molar-refractivity contribution in [1.29, 1.82) is 0 Å². The Kier molecular flexibility index (Phi) is 6.65. The second-order valence-corrected chi connectivity index (χ2v) is 9.74. The van der Waals surface area contributed by atoms with Gasteiger partial charge in [-0.3, -0.25) is 4.98 Å². The van der Waals surface area contributed by atoms with Gasteiger partial charge in [0.1, 0.15) is 19.3 Å². The van der Waals surface area contributed by atoms with Crippen molar-refractivity contribution >= 4 is 30.5 Å². The van der Waals surface area contributed by atoms with E-state index in [1.807, 2.05) is 12.3 Å². The lowest BCUT2D eigenvalue weighted by atomic mass is 9.91. The number of rotatable bonds is 7. The van der Waals surface area contributed by atoms with E-state index in [2.05, 4.69) is 93.6 Å². The van der Waals surface area contributed by atoms with Crippen LogP contribution >= 0.6 is 0 Å². The van der Waals surface area contributed by atoms with Gasteiger partial charge in [-0.05, 0) is 41.1 Å². The van der Waals surface area contributed by atoms with Crippen molar-refractivity contribution in [3.05, 3.63) is 115 Å². The third kappa shape index (κ3) is 4.79. The number of anilines is 1. The zero-order chi connectivity index (χ0) is 25.9. The van der Waals surface area contributed by atoms with E-state index in [0.29, 0.717) is 23.6 Å². The molecule has 0 aliphatic carbocycles. The van der Waals surface area contributed by atoms with Gasteiger partial charge in [-0.1, -0.05) is 67.2 Å². The Bertz CT molecular complexity index is 1560. The Morgan fingerprint density at radius 1 is 0.974 bits per heavy atom. The fourth-order valence-electron chi connectivity index (χ4n) is 5.25. The highest BCUT2D eigenvalue weighted by Gasteiger charge is 2.25. The number of nitrogens with one attached hydrogen (secondary N) is 1. The molecule has 1 N–H and O–H groups in total. The summed E-state index contributed by atoms with van der Waals surface area (Å²) in [5.41, 5.74) is 8.11. The molecule has 38 heavy (non-hydrogen) atoms. The van der Waals surface area contributed by atoms with Gasteiger partial charge in [-0.2, -0.15) is 9.61 Å². The molecule has 0 atom stereocenters. The van der Waals surface area contributed by atoms with Gasteiger partial charge in [-0.15, -0.1) is 0 Å². The predicted molar refractivity (Wildman–Crippen MR) is 154 cm³/mol. The summed E-state index contributed by atoms with van der Waals surface area (Å²) in [6, 6.07) is 25.2. The number of fused-ring (bicyclic) bond motifs is 1. The molecule has 3 aromatic heterocycles. The molecule has 7 heteroatoms. The second-order valence-electron chi connectivity index (χ2n) is 9.74. The molecular weight excluding hydrogens is 467 g/mol. The minimum absolute atomic E-state index is 0.335. The molecule has 5 aromatic rings. The maximum Gasteiger partial charge on any atom is 0.150 e. The molecule has 0 saturated carbocycles. The molecule has 0 amide bonds. The van der Waals surface area contributed by atoms with Gasteiger partial charge in [0, 0.05) is 67.2 Å². The lowest BCUT2D eigenvalue weighted by Crippen LogP contribution is -2.32. The van der Waals surface area contributed by atoms with Gasteiger partial charge < -0.3 is 10.2 Å². The van der Waals surface area contributed by atoms with Crippen molar-refractivity contribution in [3.63, 3.8) is 0 Å². The molecule has 1 aliphatic heterocycles. The number of piperidine rings is 1. The van der Waals surface area contributed by atoms with Crippen molar-refractivity contribution in [2.75, 3.05) is 18.4 Å². The molecule has 1 saturated heterocycles. The van der Waals surface area contributed by atoms with Crippen LogP contribution in [0.5, 0.6) is 0 Å². The van der Waals surface area contributed by atoms with Crippen molar-refractivity contribution in [2.45, 2.75) is 25.3 Å². The first-order chi connectivity index (χ1) is 18.7. The van der Waals surface area contributed by atoms with E-state index in [9.17, 15) is 0 Å². The van der Waals surface area contributed by atoms with Crippen LogP contribution in [0.2, 0.25) is 0 Å². The van der Waals surface area contributed by atoms with Gasteiger partial charge in [0.2, 0.25) is 0 Å². The monoisotopic (exact) mass is 496 g/mol. The van der Waals surface area contributed by atoms with E-state index in [1.165, 1.54) is 16.7 Å². The first-order valence-electron chi connectivity index (χ1n) is 13.0. The van der Waals surface area contributed by atoms with Gasteiger partial charge in [0.15, 0.2) is 0 Å². The molecule has 0 bridgehead atoms. The number of aromatic nitrogens is 4. The molecule has 6 nitrogen and oxygen atoms in total. The van der Waals surface area contributed by atoms with Gasteiger partial charge in [0.05, 0.1) is 0 Å². The van der Waals surface area contributed by atoms with Crippen LogP contribution in [0.3, 0.4) is 0 Å². The first kappa shape index (κ1) is 24.0. The Labute approximate surface area is 224 Å². The number of hydrogen-bond acceptors (Lipinski definition) is 5. The number of benzene rings is 2. The predicted octanol–water partition coefficient (Wildman–Crippen LogP) is 5.05. The maximum atomic E-state index is 6.24. The summed E-state index contributed by atoms with van der Waals surface area (Å²) >= 11 is 0. The van der Waals surface area contributed by atoms with Crippen LogP contribution < -0.4 is 10.8 Å². The number of likely N-dealkylation sites (tertiary alicyclic amines) is 1. The van der Waals surface area contributed by atoms with E-state index in [1.54, 1.807) is 16.9 Å². The Hall–Kier alpha value is -4.39. The average Bonchev–Trinajstić information content (AvgIpc) is 3.37. The van der Waals surface area contributed by atoms with Crippen LogP contribution in [0.1, 0.15) is 35.6 Å². The molecule has 1 fully saturated rings. The number of hydrogen-bond donors (Lipinski definition) is 1. The van der Waals surface area contributed by atoms with Crippen LogP contribution in [-0.4, -0.2) is 45.4 Å². The summed E-state index contributed by atoms with van der Waals surface area (Å²) in [6.45, 7) is 7.00. The number of nitrogens with zero attached hydrogens (tertiary/aromatic N) is 5. The average molecular weight is 496 g/mol. The quantitative estimate of drug-likeness (QED) is 0.320. The summed E-state index contributed by atoms with van der Waals surface area (Å²) in [5, 5.41) is 7.96. The molecule has 186 valence electrons. The maximum absolute atomic E-state index is 6.24. The summed E-state index contributed by atoms with van der Waals surface area (Å²) < 4.78 is 1.78. The van der Waals surface area contributed by atoms with Crippen molar-refractivity contribution in [1.82, 2.24) is 24.5 Å². The zero-order valence-electron chi connectivity index (χ0n) is 21.3. The van der Waals surface area contributed by atoms with Gasteiger partial charge >= 0.3 is 0 Å². The van der Waals surface area contributed by atoms with Crippen LogP contribution in [0.15, 0.2) is 98.0 Å². The Balaban J connectivity index is 1.20. The third-order valence-corrected chi connectivity index (χ3v) is 7.33. The lowest BCUT2D eigenvalue weighted by molar-refractivity contribution is 0.297. The van der Waals surface area contributed by atoms with Crippen molar-refractivity contribution in [3.8, 4) is 11.1 Å². The fourth-order valence-corrected chi connectivity index (χ4v) is 5.25. The summed E-state index contributed by atoms with van der Waals surface area (Å²) in [5.74, 6) is 1.22. The lowest BCUT2D eigenvalue weighted by Gasteiger charge is -2.35. The molecule has 0 spiro atoms. The molecule has 0 unspecified atom stereocenters. The largest absolute Gasteiger partial charge is 0.371 e. The van der Waals surface area contributed by atoms with Crippen molar-refractivity contribution < 1.29 is 0 Å². The normalized spacial score (nSPS) is 14.1. The van der Waals surface area contributed by atoms with E-state index in [-0.39, 0.29) is 0 Å². The Morgan fingerprint density at radius 2 is 1.76 bits per heavy atom. The Morgan fingerprint density at radius 3 is 2.55 bits per heavy atom. The van der Waals surface area contributed by atoms with Gasteiger partial charge in [0.25, 0.3) is 0 Å². The van der Waals surface area contributed by atoms with E-state index in [0.717, 1.165) is 48.7 Å². The SMILES string of the molecule is [B]c1cnn2c(NCc3cccnc3)cc(C3CCN(C(=C)c4ccccc4-c4ccccc4)CC3)nc12. The van der Waals surface area contributed by atoms with Crippen molar-refractivity contribution in [2.24, 2.45) is 0 Å². The molecule has 1 aliphatic rings. The minimum Gasteiger partial charge on any atom is -0.371 e. The van der Waals surface area contributed by atoms with E-state index in [4.69, 9.17) is 12.8 Å². The highest BCUT2D eigenvalue weighted by molar-refractivity contribution is 6.36. The standard InChI is InChI=1S/C31H29BN6/c1-22(26-11-5-6-12-27(26)24-9-3-2-4-10-24)37-16-13-25(14-17-37)29-18-30(34-20-23-8-7-15-33-19-23)38-31(36-29)28(32)21-35-38/h2-12,15,18-19,21,25,34H,1,13-14,16-17,20H2. The summed E-state index contributed by atoms with van der Waals surface area (Å²) in [4.78, 5) is 11.6. The molecular formula is C31H29BN6. The molecule has 4 heterocycles. The molecule has 2 radical (unpaired) electrons. The van der Waals surface area contributed by atoms with Crippen LogP contribution in [0, 0.1) is 0 Å². The van der Waals surface area contributed by atoms with Crippen LogP contribution in [0.4, 0.5) is 5.82 Å². The fraction of sp³-hybridized carbons (Fsp3) is 0.194. The topological polar surface area (TPSA) is 58.4 Å². The first-order valence-corrected chi connectivity index (χ1v) is 13.0. The zero-order valence-corrected chi connectivity index (χ0v) is 21.3. The third-order valence-electron chi connectivity index (χ3n) is 7.33. The van der Waals surface area contributed by atoms with Gasteiger partial charge in [-0.25, -0.2) is 4.98 Å². The van der Waals surface area contributed by atoms with E-state index < -0.39 is 0 Å².